The lowest BCUT2D eigenvalue weighted by atomic mass is 9.96. The summed E-state index contributed by atoms with van der Waals surface area (Å²) < 4.78 is 42.9. The molecule has 1 aliphatic rings. The molecular formula is C15H20ClF3N2O2. The van der Waals surface area contributed by atoms with Gasteiger partial charge in [-0.05, 0) is 43.9 Å². The van der Waals surface area contributed by atoms with E-state index in [-0.39, 0.29) is 24.8 Å². The molecule has 0 saturated heterocycles. The van der Waals surface area contributed by atoms with Crippen LogP contribution in [0, 0.1) is 5.92 Å². The maximum absolute atomic E-state index is 12.6. The Hall–Kier alpha value is -1.47. The molecule has 0 aromatic heterocycles. The summed E-state index contributed by atoms with van der Waals surface area (Å²) in [7, 11) is 0. The fourth-order valence-electron chi connectivity index (χ4n) is 2.31. The van der Waals surface area contributed by atoms with Crippen molar-refractivity contribution in [3.63, 3.8) is 0 Å². The average Bonchev–Trinajstić information content (AvgIpc) is 3.29. The second kappa shape index (κ2) is 7.40. The maximum atomic E-state index is 12.6. The number of alkyl halides is 3. The molecule has 1 amide bonds. The van der Waals surface area contributed by atoms with E-state index in [1.165, 1.54) is 12.1 Å². The van der Waals surface area contributed by atoms with Crippen LogP contribution in [0.4, 0.5) is 13.2 Å². The van der Waals surface area contributed by atoms with Crippen LogP contribution in [-0.2, 0) is 11.0 Å². The molecule has 1 aliphatic carbocycles. The molecule has 0 heterocycles. The summed E-state index contributed by atoms with van der Waals surface area (Å²) in [5.41, 5.74) is 4.40. The molecule has 0 spiro atoms. The fraction of sp³-hybridized carbons (Fsp3) is 0.533. The van der Waals surface area contributed by atoms with Crippen LogP contribution in [0.15, 0.2) is 24.3 Å². The van der Waals surface area contributed by atoms with Crippen LogP contribution in [-0.4, -0.2) is 24.6 Å². The van der Waals surface area contributed by atoms with Gasteiger partial charge in [-0.15, -0.1) is 12.4 Å². The third-order valence-electron chi connectivity index (χ3n) is 3.86. The zero-order chi connectivity index (χ0) is 16.4. The molecule has 0 aliphatic heterocycles. The molecule has 3 N–H and O–H groups in total. The van der Waals surface area contributed by atoms with Crippen LogP contribution >= 0.6 is 12.4 Å². The summed E-state index contributed by atoms with van der Waals surface area (Å²) in [6, 6.07) is 4.44. The Kier molecular flexibility index (Phi) is 6.30. The minimum Gasteiger partial charge on any atom is -0.484 e. The number of carbonyl (C=O) groups is 1. The Morgan fingerprint density at radius 2 is 2.04 bits per heavy atom. The van der Waals surface area contributed by atoms with Crippen molar-refractivity contribution in [3.05, 3.63) is 29.8 Å². The Morgan fingerprint density at radius 1 is 1.39 bits per heavy atom. The highest BCUT2D eigenvalue weighted by Gasteiger charge is 2.41. The monoisotopic (exact) mass is 352 g/mol. The number of hydrogen-bond donors (Lipinski definition) is 2. The quantitative estimate of drug-likeness (QED) is 0.827. The normalized spacial score (nSPS) is 16.9. The molecule has 1 aromatic carbocycles. The predicted molar refractivity (Wildman–Crippen MR) is 82.5 cm³/mol. The van der Waals surface area contributed by atoms with Crippen molar-refractivity contribution >= 4 is 18.3 Å². The first-order chi connectivity index (χ1) is 10.2. The summed E-state index contributed by atoms with van der Waals surface area (Å²) in [6.45, 7) is 1.84. The summed E-state index contributed by atoms with van der Waals surface area (Å²) in [5, 5.41) is 2.81. The lowest BCUT2D eigenvalue weighted by Gasteiger charge is -2.29. The largest absolute Gasteiger partial charge is 0.484 e. The predicted octanol–water partition coefficient (Wildman–Crippen LogP) is 2.75. The molecule has 1 fully saturated rings. The van der Waals surface area contributed by atoms with Gasteiger partial charge in [-0.3, -0.25) is 4.79 Å². The highest BCUT2D eigenvalue weighted by molar-refractivity contribution is 5.85. The van der Waals surface area contributed by atoms with Crippen LogP contribution in [0.3, 0.4) is 0 Å². The molecule has 8 heteroatoms. The SMILES string of the molecule is CC(CN)(NC(=O)COc1cccc(C(F)(F)F)c1)C1CC1.Cl. The van der Waals surface area contributed by atoms with Crippen LogP contribution in [0.25, 0.3) is 0 Å². The summed E-state index contributed by atoms with van der Waals surface area (Å²) in [5.74, 6) is -0.0295. The molecule has 130 valence electrons. The lowest BCUT2D eigenvalue weighted by Crippen LogP contribution is -2.54. The van der Waals surface area contributed by atoms with Gasteiger partial charge in [0.25, 0.3) is 5.91 Å². The van der Waals surface area contributed by atoms with Crippen molar-refractivity contribution < 1.29 is 22.7 Å². The summed E-state index contributed by atoms with van der Waals surface area (Å²) in [4.78, 5) is 11.9. The van der Waals surface area contributed by atoms with E-state index in [0.717, 1.165) is 25.0 Å². The van der Waals surface area contributed by atoms with Gasteiger partial charge in [0.2, 0.25) is 0 Å². The maximum Gasteiger partial charge on any atom is 0.416 e. The molecule has 1 saturated carbocycles. The molecule has 2 rings (SSSR count). The minimum atomic E-state index is -4.44. The number of halogens is 4. The third kappa shape index (κ3) is 5.28. The van der Waals surface area contributed by atoms with Gasteiger partial charge in [-0.25, -0.2) is 0 Å². The molecule has 0 radical (unpaired) electrons. The van der Waals surface area contributed by atoms with Crippen molar-refractivity contribution in [2.75, 3.05) is 13.2 Å². The second-order valence-corrected chi connectivity index (χ2v) is 5.76. The molecule has 4 nitrogen and oxygen atoms in total. The molecular weight excluding hydrogens is 333 g/mol. The summed E-state index contributed by atoms with van der Waals surface area (Å²) >= 11 is 0. The van der Waals surface area contributed by atoms with Crippen molar-refractivity contribution in [1.82, 2.24) is 5.32 Å². The topological polar surface area (TPSA) is 64.3 Å². The summed E-state index contributed by atoms with van der Waals surface area (Å²) in [6.07, 6.45) is -2.41. The van der Waals surface area contributed by atoms with E-state index in [1.54, 1.807) is 0 Å². The van der Waals surface area contributed by atoms with E-state index >= 15 is 0 Å². The van der Waals surface area contributed by atoms with Crippen LogP contribution in [0.5, 0.6) is 5.75 Å². The molecule has 1 unspecified atom stereocenters. The first-order valence-corrected chi connectivity index (χ1v) is 7.06. The Morgan fingerprint density at radius 3 is 2.57 bits per heavy atom. The van der Waals surface area contributed by atoms with Crippen molar-refractivity contribution in [3.8, 4) is 5.75 Å². The number of rotatable bonds is 6. The first-order valence-electron chi connectivity index (χ1n) is 7.06. The first kappa shape index (κ1) is 19.6. The van der Waals surface area contributed by atoms with E-state index < -0.39 is 23.2 Å². The zero-order valence-electron chi connectivity index (χ0n) is 12.7. The van der Waals surface area contributed by atoms with Gasteiger partial charge in [-0.2, -0.15) is 13.2 Å². The lowest BCUT2D eigenvalue weighted by molar-refractivity contribution is -0.137. The Labute approximate surface area is 139 Å². The van der Waals surface area contributed by atoms with Crippen molar-refractivity contribution in [2.24, 2.45) is 11.7 Å². The third-order valence-corrected chi connectivity index (χ3v) is 3.86. The molecule has 0 bridgehead atoms. The number of amides is 1. The van der Waals surface area contributed by atoms with Crippen molar-refractivity contribution in [1.29, 1.82) is 0 Å². The molecule has 23 heavy (non-hydrogen) atoms. The van der Waals surface area contributed by atoms with E-state index in [0.29, 0.717) is 12.5 Å². The van der Waals surface area contributed by atoms with Gasteiger partial charge < -0.3 is 15.8 Å². The van der Waals surface area contributed by atoms with Crippen LogP contribution in [0.1, 0.15) is 25.3 Å². The van der Waals surface area contributed by atoms with Gasteiger partial charge in [0.1, 0.15) is 5.75 Å². The number of benzene rings is 1. The number of carbonyl (C=O) groups excluding carboxylic acids is 1. The van der Waals surface area contributed by atoms with E-state index in [1.807, 2.05) is 6.92 Å². The highest BCUT2D eigenvalue weighted by atomic mass is 35.5. The molecule has 1 atom stereocenters. The second-order valence-electron chi connectivity index (χ2n) is 5.76. The van der Waals surface area contributed by atoms with E-state index in [9.17, 15) is 18.0 Å². The molecule has 1 aromatic rings. The number of nitrogens with two attached hydrogens (primary N) is 1. The van der Waals surface area contributed by atoms with Crippen LogP contribution in [0.2, 0.25) is 0 Å². The van der Waals surface area contributed by atoms with Gasteiger partial charge in [0.15, 0.2) is 6.61 Å². The van der Waals surface area contributed by atoms with E-state index in [2.05, 4.69) is 5.32 Å². The van der Waals surface area contributed by atoms with Gasteiger partial charge >= 0.3 is 6.18 Å². The zero-order valence-corrected chi connectivity index (χ0v) is 13.5. The standard InChI is InChI=1S/C15H19F3N2O2.ClH/c1-14(9-19,10-5-6-10)20-13(21)8-22-12-4-2-3-11(7-12)15(16,17)18;/h2-4,7,10H,5-6,8-9,19H2,1H3,(H,20,21);1H. The van der Waals surface area contributed by atoms with Crippen molar-refractivity contribution in [2.45, 2.75) is 31.5 Å². The van der Waals surface area contributed by atoms with Gasteiger partial charge in [0.05, 0.1) is 11.1 Å². The van der Waals surface area contributed by atoms with E-state index in [4.69, 9.17) is 10.5 Å². The highest BCUT2D eigenvalue weighted by Crippen LogP contribution is 2.39. The Bertz CT molecular complexity index is 550. The number of ether oxygens (including phenoxy) is 1. The van der Waals surface area contributed by atoms with Gasteiger partial charge in [-0.1, -0.05) is 6.07 Å². The van der Waals surface area contributed by atoms with Crippen LogP contribution < -0.4 is 15.8 Å². The average molecular weight is 353 g/mol. The number of nitrogens with one attached hydrogen (secondary N) is 1. The number of hydrogen-bond acceptors (Lipinski definition) is 3. The minimum absolute atomic E-state index is 0. The fourth-order valence-corrected chi connectivity index (χ4v) is 2.31. The Balaban J connectivity index is 0.00000264. The smallest absolute Gasteiger partial charge is 0.416 e. The van der Waals surface area contributed by atoms with Gasteiger partial charge in [0, 0.05) is 6.54 Å².